The molecule has 0 saturated carbocycles. The molecule has 124 valence electrons. The minimum atomic E-state index is -0.139. The van der Waals surface area contributed by atoms with Crippen LogP contribution in [0.4, 0.5) is 0 Å². The summed E-state index contributed by atoms with van der Waals surface area (Å²) >= 11 is 0. The van der Waals surface area contributed by atoms with Crippen LogP contribution in [0.1, 0.15) is 32.9 Å². The van der Waals surface area contributed by atoms with Gasteiger partial charge in [-0.15, -0.1) is 0 Å². The highest BCUT2D eigenvalue weighted by atomic mass is 16.1. The average molecular weight is 328 g/mol. The van der Waals surface area contributed by atoms with E-state index in [9.17, 15) is 4.79 Å². The van der Waals surface area contributed by atoms with E-state index in [1.165, 1.54) is 0 Å². The summed E-state index contributed by atoms with van der Waals surface area (Å²) in [6, 6.07) is 23.0. The van der Waals surface area contributed by atoms with Gasteiger partial charge in [-0.1, -0.05) is 48.5 Å². The molecule has 0 fully saturated rings. The van der Waals surface area contributed by atoms with E-state index in [0.29, 0.717) is 5.56 Å². The van der Waals surface area contributed by atoms with Crippen LogP contribution in [0.15, 0.2) is 72.8 Å². The molecule has 0 bridgehead atoms. The van der Waals surface area contributed by atoms with Crippen LogP contribution in [0.3, 0.4) is 0 Å². The number of nitrogens with zero attached hydrogens (tertiary/aromatic N) is 1. The molecule has 0 aliphatic carbocycles. The van der Waals surface area contributed by atoms with E-state index >= 15 is 0 Å². The van der Waals surface area contributed by atoms with Crippen molar-refractivity contribution < 1.29 is 4.79 Å². The van der Waals surface area contributed by atoms with Gasteiger partial charge in [0.1, 0.15) is 0 Å². The van der Waals surface area contributed by atoms with E-state index in [1.54, 1.807) is 12.1 Å². The summed E-state index contributed by atoms with van der Waals surface area (Å²) in [5, 5.41) is 3.02. The van der Waals surface area contributed by atoms with Gasteiger partial charge in [0.05, 0.1) is 11.4 Å². The topological polar surface area (TPSA) is 42.0 Å². The minimum Gasteiger partial charge on any atom is -0.321 e. The van der Waals surface area contributed by atoms with Gasteiger partial charge in [-0.2, -0.15) is 0 Å². The molecule has 0 atom stereocenters. The first kappa shape index (κ1) is 16.7. The van der Waals surface area contributed by atoms with E-state index in [-0.39, 0.29) is 5.91 Å². The fourth-order valence-electron chi connectivity index (χ4n) is 2.69. The second kappa shape index (κ2) is 7.58. The molecule has 0 aliphatic heterocycles. The van der Waals surface area contributed by atoms with Gasteiger partial charge in [0, 0.05) is 11.3 Å². The van der Waals surface area contributed by atoms with Crippen LogP contribution >= 0.6 is 0 Å². The molecule has 3 aromatic rings. The first-order valence-corrected chi connectivity index (χ1v) is 8.20. The van der Waals surface area contributed by atoms with Crippen molar-refractivity contribution in [3.05, 3.63) is 101 Å². The number of hydrogen-bond donors (Lipinski definition) is 1. The lowest BCUT2D eigenvalue weighted by Gasteiger charge is -2.11. The van der Waals surface area contributed by atoms with Gasteiger partial charge < -0.3 is 5.32 Å². The highest BCUT2D eigenvalue weighted by molar-refractivity contribution is 6.01. The lowest BCUT2D eigenvalue weighted by molar-refractivity contribution is 0.0974. The molecule has 3 heteroatoms. The Morgan fingerprint density at radius 2 is 1.48 bits per heavy atom. The highest BCUT2D eigenvalue weighted by Crippen LogP contribution is 2.17. The molecule has 3 nitrogen and oxygen atoms in total. The molecule has 1 aromatic heterocycles. The quantitative estimate of drug-likeness (QED) is 0.759. The van der Waals surface area contributed by atoms with Crippen LogP contribution in [0.2, 0.25) is 0 Å². The Balaban J connectivity index is 1.98. The Morgan fingerprint density at radius 3 is 2.08 bits per heavy atom. The lowest BCUT2D eigenvalue weighted by atomic mass is 10.1. The molecule has 2 aromatic carbocycles. The number of carbonyl (C=O) groups is 1. The second-order valence-corrected chi connectivity index (χ2v) is 5.95. The predicted octanol–water partition coefficient (Wildman–Crippen LogP) is 4.63. The smallest absolute Gasteiger partial charge is 0.255 e. The molecule has 0 spiro atoms. The summed E-state index contributed by atoms with van der Waals surface area (Å²) in [6.07, 6.45) is 1.91. The SMILES string of the molecule is Cc1cc(C)nc(/C=C(\NC(=O)c2ccccc2)c2ccccc2)c1. The number of aromatic nitrogens is 1. The third kappa shape index (κ3) is 4.42. The molecule has 25 heavy (non-hydrogen) atoms. The Kier molecular flexibility index (Phi) is 5.05. The van der Waals surface area contributed by atoms with E-state index in [1.807, 2.05) is 80.6 Å². The molecule has 3 rings (SSSR count). The summed E-state index contributed by atoms with van der Waals surface area (Å²) in [4.78, 5) is 17.1. The fourth-order valence-corrected chi connectivity index (χ4v) is 2.69. The van der Waals surface area contributed by atoms with Crippen molar-refractivity contribution in [1.29, 1.82) is 0 Å². The second-order valence-electron chi connectivity index (χ2n) is 5.95. The van der Waals surface area contributed by atoms with Gasteiger partial charge >= 0.3 is 0 Å². The third-order valence-electron chi connectivity index (χ3n) is 3.78. The van der Waals surface area contributed by atoms with Gasteiger partial charge in [-0.05, 0) is 55.3 Å². The van der Waals surface area contributed by atoms with E-state index in [4.69, 9.17) is 0 Å². The number of carbonyl (C=O) groups excluding carboxylic acids is 1. The zero-order valence-corrected chi connectivity index (χ0v) is 14.4. The van der Waals surface area contributed by atoms with Gasteiger partial charge in [-0.3, -0.25) is 9.78 Å². The highest BCUT2D eigenvalue weighted by Gasteiger charge is 2.09. The fraction of sp³-hybridized carbons (Fsp3) is 0.0909. The van der Waals surface area contributed by atoms with Crippen LogP contribution < -0.4 is 5.32 Å². The van der Waals surface area contributed by atoms with Gasteiger partial charge in [0.25, 0.3) is 5.91 Å². The van der Waals surface area contributed by atoms with Crippen molar-refractivity contribution in [3.8, 4) is 0 Å². The number of nitrogens with one attached hydrogen (secondary N) is 1. The van der Waals surface area contributed by atoms with Gasteiger partial charge in [0.15, 0.2) is 0 Å². The predicted molar refractivity (Wildman–Crippen MR) is 102 cm³/mol. The zero-order chi connectivity index (χ0) is 17.6. The van der Waals surface area contributed by atoms with Crippen LogP contribution in [-0.2, 0) is 0 Å². The van der Waals surface area contributed by atoms with Crippen molar-refractivity contribution in [1.82, 2.24) is 10.3 Å². The largest absolute Gasteiger partial charge is 0.321 e. The maximum atomic E-state index is 12.6. The van der Waals surface area contributed by atoms with Crippen LogP contribution in [0.25, 0.3) is 11.8 Å². The summed E-state index contributed by atoms with van der Waals surface area (Å²) < 4.78 is 0. The number of benzene rings is 2. The minimum absolute atomic E-state index is 0.139. The zero-order valence-electron chi connectivity index (χ0n) is 14.4. The Bertz CT molecular complexity index is 880. The normalized spacial score (nSPS) is 11.2. The summed E-state index contributed by atoms with van der Waals surface area (Å²) in [5.41, 5.74) is 5.20. The lowest BCUT2D eigenvalue weighted by Crippen LogP contribution is -2.21. The number of rotatable bonds is 4. The van der Waals surface area contributed by atoms with E-state index in [2.05, 4.69) is 10.3 Å². The number of amides is 1. The van der Waals surface area contributed by atoms with Gasteiger partial charge in [0.2, 0.25) is 0 Å². The molecule has 0 unspecified atom stereocenters. The average Bonchev–Trinajstić information content (AvgIpc) is 2.62. The first-order valence-electron chi connectivity index (χ1n) is 8.20. The molecular formula is C22H20N2O. The maximum Gasteiger partial charge on any atom is 0.255 e. The van der Waals surface area contributed by atoms with Crippen LogP contribution in [0.5, 0.6) is 0 Å². The monoisotopic (exact) mass is 328 g/mol. The summed E-state index contributed by atoms with van der Waals surface area (Å²) in [7, 11) is 0. The maximum absolute atomic E-state index is 12.6. The van der Waals surface area contributed by atoms with Crippen molar-refractivity contribution in [2.75, 3.05) is 0 Å². The Labute approximate surface area is 148 Å². The van der Waals surface area contributed by atoms with E-state index < -0.39 is 0 Å². The van der Waals surface area contributed by atoms with Crippen molar-refractivity contribution in [2.24, 2.45) is 0 Å². The summed E-state index contributed by atoms with van der Waals surface area (Å²) in [5.74, 6) is -0.139. The van der Waals surface area contributed by atoms with Crippen molar-refractivity contribution in [2.45, 2.75) is 13.8 Å². The van der Waals surface area contributed by atoms with Crippen molar-refractivity contribution in [3.63, 3.8) is 0 Å². The number of hydrogen-bond acceptors (Lipinski definition) is 2. The van der Waals surface area contributed by atoms with Crippen LogP contribution in [-0.4, -0.2) is 10.9 Å². The molecule has 1 heterocycles. The molecule has 1 N–H and O–H groups in total. The Hall–Kier alpha value is -3.20. The standard InChI is InChI=1S/C22H20N2O/c1-16-13-17(2)23-20(14-16)15-21(18-9-5-3-6-10-18)24-22(25)19-11-7-4-8-12-19/h3-15H,1-2H3,(H,24,25)/b21-15-. The molecular weight excluding hydrogens is 308 g/mol. The van der Waals surface area contributed by atoms with E-state index in [0.717, 1.165) is 28.2 Å². The third-order valence-corrected chi connectivity index (χ3v) is 3.78. The molecule has 1 amide bonds. The first-order chi connectivity index (χ1) is 12.1. The van der Waals surface area contributed by atoms with Crippen molar-refractivity contribution >= 4 is 17.7 Å². The van der Waals surface area contributed by atoms with Crippen LogP contribution in [0, 0.1) is 13.8 Å². The number of pyridine rings is 1. The van der Waals surface area contributed by atoms with Gasteiger partial charge in [-0.25, -0.2) is 0 Å². The Morgan fingerprint density at radius 1 is 0.880 bits per heavy atom. The summed E-state index contributed by atoms with van der Waals surface area (Å²) in [6.45, 7) is 4.01. The molecule has 0 aliphatic rings. The molecule has 0 saturated heterocycles. The number of aryl methyl sites for hydroxylation is 2. The molecule has 0 radical (unpaired) electrons.